The minimum Gasteiger partial charge on any atom is -0.303 e. The Morgan fingerprint density at radius 2 is 1.85 bits per heavy atom. The number of hydrogen-bond acceptors (Lipinski definition) is 2. The highest BCUT2D eigenvalue weighted by molar-refractivity contribution is 5.95. The van der Waals surface area contributed by atoms with Crippen LogP contribution >= 0.6 is 0 Å². The van der Waals surface area contributed by atoms with Crippen LogP contribution in [0, 0.1) is 5.92 Å². The fraction of sp³-hybridized carbons (Fsp3) is 0.636. The van der Waals surface area contributed by atoms with Crippen LogP contribution in [0.2, 0.25) is 0 Å². The summed E-state index contributed by atoms with van der Waals surface area (Å²) in [5, 5.41) is 0. The standard InChI is InChI=1S/C11H18O2/c1-8(2)10(4)11(13)6-5-9(3)7-12/h7,9H,5-6H2,1-4H3. The minimum atomic E-state index is -0.00564. The van der Waals surface area contributed by atoms with E-state index in [2.05, 4.69) is 0 Å². The van der Waals surface area contributed by atoms with Crippen LogP contribution in [0.3, 0.4) is 0 Å². The zero-order chi connectivity index (χ0) is 10.4. The van der Waals surface area contributed by atoms with Gasteiger partial charge in [-0.2, -0.15) is 0 Å². The van der Waals surface area contributed by atoms with Gasteiger partial charge in [0.05, 0.1) is 0 Å². The summed E-state index contributed by atoms with van der Waals surface area (Å²) in [4.78, 5) is 21.7. The molecule has 0 aliphatic carbocycles. The van der Waals surface area contributed by atoms with Gasteiger partial charge in [-0.3, -0.25) is 4.79 Å². The monoisotopic (exact) mass is 182 g/mol. The number of carbonyl (C=O) groups is 2. The third kappa shape index (κ3) is 4.61. The molecule has 0 aromatic rings. The first-order chi connectivity index (χ1) is 5.99. The molecule has 0 rings (SSSR count). The second kappa shape index (κ2) is 5.68. The fourth-order valence-electron chi connectivity index (χ4n) is 0.893. The van der Waals surface area contributed by atoms with Gasteiger partial charge in [-0.1, -0.05) is 12.5 Å². The smallest absolute Gasteiger partial charge is 0.158 e. The fourth-order valence-corrected chi connectivity index (χ4v) is 0.893. The number of allylic oxidation sites excluding steroid dienone is 2. The van der Waals surface area contributed by atoms with E-state index in [-0.39, 0.29) is 11.7 Å². The molecule has 0 fully saturated rings. The highest BCUT2D eigenvalue weighted by atomic mass is 16.1. The van der Waals surface area contributed by atoms with Crippen LogP contribution in [0.5, 0.6) is 0 Å². The summed E-state index contributed by atoms with van der Waals surface area (Å²) in [7, 11) is 0. The molecule has 13 heavy (non-hydrogen) atoms. The number of aldehydes is 1. The van der Waals surface area contributed by atoms with Crippen molar-refractivity contribution in [3.05, 3.63) is 11.1 Å². The second-order valence-corrected chi connectivity index (χ2v) is 3.70. The topological polar surface area (TPSA) is 34.1 Å². The first-order valence-corrected chi connectivity index (χ1v) is 4.61. The third-order valence-corrected chi connectivity index (χ3v) is 2.23. The van der Waals surface area contributed by atoms with E-state index < -0.39 is 0 Å². The van der Waals surface area contributed by atoms with E-state index in [1.807, 2.05) is 27.7 Å². The summed E-state index contributed by atoms with van der Waals surface area (Å²) in [6, 6.07) is 0. The lowest BCUT2D eigenvalue weighted by Gasteiger charge is -2.04. The Balaban J connectivity index is 4.03. The van der Waals surface area contributed by atoms with Crippen molar-refractivity contribution in [2.24, 2.45) is 5.92 Å². The molecule has 0 aromatic heterocycles. The first kappa shape index (κ1) is 12.1. The van der Waals surface area contributed by atoms with E-state index in [0.29, 0.717) is 12.8 Å². The molecular weight excluding hydrogens is 164 g/mol. The van der Waals surface area contributed by atoms with E-state index in [9.17, 15) is 9.59 Å². The number of rotatable bonds is 5. The molecule has 1 unspecified atom stereocenters. The molecule has 0 aliphatic heterocycles. The van der Waals surface area contributed by atoms with Crippen molar-refractivity contribution in [2.75, 3.05) is 0 Å². The van der Waals surface area contributed by atoms with Crippen LogP contribution in [0.1, 0.15) is 40.5 Å². The Bertz CT molecular complexity index is 222. The summed E-state index contributed by atoms with van der Waals surface area (Å²) in [6.07, 6.45) is 2.04. The molecule has 0 aromatic carbocycles. The zero-order valence-electron chi connectivity index (χ0n) is 8.89. The van der Waals surface area contributed by atoms with Crippen molar-refractivity contribution in [3.63, 3.8) is 0 Å². The Kier molecular flexibility index (Phi) is 5.28. The van der Waals surface area contributed by atoms with Crippen molar-refractivity contribution >= 4 is 12.1 Å². The second-order valence-electron chi connectivity index (χ2n) is 3.70. The molecule has 0 N–H and O–H groups in total. The number of hydrogen-bond donors (Lipinski definition) is 0. The molecule has 0 aliphatic rings. The van der Waals surface area contributed by atoms with Crippen molar-refractivity contribution in [1.82, 2.24) is 0 Å². The average Bonchev–Trinajstić information content (AvgIpc) is 2.11. The SMILES string of the molecule is CC(C)=C(C)C(=O)CCC(C)C=O. The van der Waals surface area contributed by atoms with E-state index >= 15 is 0 Å². The molecule has 0 radical (unpaired) electrons. The Labute approximate surface area is 80.0 Å². The van der Waals surface area contributed by atoms with Gasteiger partial charge in [0.2, 0.25) is 0 Å². The lowest BCUT2D eigenvalue weighted by atomic mass is 10.00. The molecule has 0 saturated carbocycles. The van der Waals surface area contributed by atoms with E-state index in [0.717, 1.165) is 17.4 Å². The van der Waals surface area contributed by atoms with Crippen LogP contribution in [-0.4, -0.2) is 12.1 Å². The molecular formula is C11H18O2. The maximum absolute atomic E-state index is 11.4. The predicted octanol–water partition coefficient (Wildman–Crippen LogP) is 2.53. The van der Waals surface area contributed by atoms with Crippen molar-refractivity contribution in [3.8, 4) is 0 Å². The zero-order valence-corrected chi connectivity index (χ0v) is 8.89. The maximum atomic E-state index is 11.4. The first-order valence-electron chi connectivity index (χ1n) is 4.61. The summed E-state index contributed by atoms with van der Waals surface area (Å²) < 4.78 is 0. The lowest BCUT2D eigenvalue weighted by molar-refractivity contribution is -0.116. The van der Waals surface area contributed by atoms with E-state index in [1.54, 1.807) is 0 Å². The lowest BCUT2D eigenvalue weighted by Crippen LogP contribution is -2.05. The molecule has 1 atom stereocenters. The van der Waals surface area contributed by atoms with Gasteiger partial charge in [0.15, 0.2) is 5.78 Å². The summed E-state index contributed by atoms with van der Waals surface area (Å²) >= 11 is 0. The van der Waals surface area contributed by atoms with Crippen LogP contribution in [0.25, 0.3) is 0 Å². The summed E-state index contributed by atoms with van der Waals surface area (Å²) in [5.41, 5.74) is 1.89. The van der Waals surface area contributed by atoms with Gasteiger partial charge in [-0.05, 0) is 32.8 Å². The average molecular weight is 182 g/mol. The maximum Gasteiger partial charge on any atom is 0.158 e. The van der Waals surface area contributed by atoms with Crippen LogP contribution < -0.4 is 0 Å². The highest BCUT2D eigenvalue weighted by Crippen LogP contribution is 2.10. The Morgan fingerprint density at radius 3 is 2.23 bits per heavy atom. The summed E-state index contributed by atoms with van der Waals surface area (Å²) in [5.74, 6) is 0.155. The van der Waals surface area contributed by atoms with Gasteiger partial charge < -0.3 is 4.79 Å². The van der Waals surface area contributed by atoms with Crippen molar-refractivity contribution < 1.29 is 9.59 Å². The van der Waals surface area contributed by atoms with Gasteiger partial charge in [0.1, 0.15) is 6.29 Å². The Morgan fingerprint density at radius 1 is 1.31 bits per heavy atom. The van der Waals surface area contributed by atoms with Crippen LogP contribution in [-0.2, 0) is 9.59 Å². The summed E-state index contributed by atoms with van der Waals surface area (Å²) in [6.45, 7) is 7.52. The van der Waals surface area contributed by atoms with Gasteiger partial charge in [0, 0.05) is 12.3 Å². The molecule has 74 valence electrons. The van der Waals surface area contributed by atoms with Crippen LogP contribution in [0.15, 0.2) is 11.1 Å². The Hall–Kier alpha value is -0.920. The third-order valence-electron chi connectivity index (χ3n) is 2.23. The molecule has 0 amide bonds. The quantitative estimate of drug-likeness (QED) is 0.483. The molecule has 0 spiro atoms. The minimum absolute atomic E-state index is 0.00564. The van der Waals surface area contributed by atoms with Crippen molar-refractivity contribution in [1.29, 1.82) is 0 Å². The molecule has 2 nitrogen and oxygen atoms in total. The number of Topliss-reactive ketones (excluding diaryl/α,β-unsaturated/α-hetero) is 1. The van der Waals surface area contributed by atoms with Crippen LogP contribution in [0.4, 0.5) is 0 Å². The number of ketones is 1. The largest absolute Gasteiger partial charge is 0.303 e. The molecule has 0 heterocycles. The number of carbonyl (C=O) groups excluding carboxylic acids is 2. The van der Waals surface area contributed by atoms with Gasteiger partial charge in [0.25, 0.3) is 0 Å². The van der Waals surface area contributed by atoms with E-state index in [1.165, 1.54) is 0 Å². The highest BCUT2D eigenvalue weighted by Gasteiger charge is 2.08. The van der Waals surface area contributed by atoms with Crippen molar-refractivity contribution in [2.45, 2.75) is 40.5 Å². The van der Waals surface area contributed by atoms with Gasteiger partial charge in [-0.25, -0.2) is 0 Å². The molecule has 2 heteroatoms. The molecule has 0 bridgehead atoms. The van der Waals surface area contributed by atoms with E-state index in [4.69, 9.17) is 0 Å². The normalized spacial score (nSPS) is 12.0. The van der Waals surface area contributed by atoms with Gasteiger partial charge in [-0.15, -0.1) is 0 Å². The molecule has 0 saturated heterocycles. The van der Waals surface area contributed by atoms with Gasteiger partial charge >= 0.3 is 0 Å². The predicted molar refractivity (Wildman–Crippen MR) is 53.5 cm³/mol.